The van der Waals surface area contributed by atoms with Gasteiger partial charge in [-0.15, -0.1) is 0 Å². The molecule has 4 nitrogen and oxygen atoms in total. The molecular weight excluding hydrogens is 455 g/mol. The van der Waals surface area contributed by atoms with E-state index in [1.165, 1.54) is 0 Å². The Balaban J connectivity index is 1.60. The fourth-order valence-electron chi connectivity index (χ4n) is 4.91. The van der Waals surface area contributed by atoms with Crippen LogP contribution in [0.4, 0.5) is 13.2 Å². The molecule has 0 aromatic heterocycles. The molecule has 0 atom stereocenters. The maximum atomic E-state index is 13.0. The third-order valence-electron chi connectivity index (χ3n) is 6.50. The van der Waals surface area contributed by atoms with Crippen molar-refractivity contribution in [1.29, 1.82) is 0 Å². The van der Waals surface area contributed by atoms with E-state index in [1.54, 1.807) is 0 Å². The van der Waals surface area contributed by atoms with Gasteiger partial charge in [-0.25, -0.2) is 0 Å². The van der Waals surface area contributed by atoms with Crippen LogP contribution in [-0.2, 0) is 9.53 Å². The lowest BCUT2D eigenvalue weighted by atomic mass is 9.79. The number of halogens is 4. The topological polar surface area (TPSA) is 58.6 Å². The van der Waals surface area contributed by atoms with Crippen molar-refractivity contribution in [1.82, 2.24) is 5.32 Å². The van der Waals surface area contributed by atoms with Crippen LogP contribution in [0, 0.1) is 13.8 Å². The molecule has 1 saturated carbocycles. The van der Waals surface area contributed by atoms with E-state index in [2.05, 4.69) is 5.32 Å². The summed E-state index contributed by atoms with van der Waals surface area (Å²) in [6.07, 6.45) is -3.65. The summed E-state index contributed by atoms with van der Waals surface area (Å²) in [6, 6.07) is 11.4. The molecule has 4 rings (SSSR count). The van der Waals surface area contributed by atoms with Crippen molar-refractivity contribution in [2.24, 2.45) is 0 Å². The highest BCUT2D eigenvalue weighted by Crippen LogP contribution is 2.43. The first-order valence-electron chi connectivity index (χ1n) is 10.8. The van der Waals surface area contributed by atoms with Crippen molar-refractivity contribution in [2.45, 2.75) is 57.3 Å². The summed E-state index contributed by atoms with van der Waals surface area (Å²) in [4.78, 5) is 13.0. The van der Waals surface area contributed by atoms with Gasteiger partial charge in [-0.05, 0) is 79.5 Å². The van der Waals surface area contributed by atoms with Crippen molar-refractivity contribution >= 4 is 23.1 Å². The summed E-state index contributed by atoms with van der Waals surface area (Å²) >= 11 is 5.99. The van der Waals surface area contributed by atoms with Crippen LogP contribution in [0.25, 0.3) is 16.7 Å². The maximum Gasteiger partial charge on any atom is 0.411 e. The van der Waals surface area contributed by atoms with Crippen molar-refractivity contribution in [3.05, 3.63) is 63.9 Å². The second-order valence-electron chi connectivity index (χ2n) is 8.88. The zero-order chi connectivity index (χ0) is 24.0. The molecule has 1 aliphatic heterocycles. The Morgan fingerprint density at radius 3 is 2.21 bits per heavy atom. The SMILES string of the molecule is Cc1cc(-c2ccc(Cl)cc2)cc(C)c1C1=C(O)C2(CCC(OCC(F)(F)F)CC2)NC1=O. The Labute approximate surface area is 195 Å². The summed E-state index contributed by atoms with van der Waals surface area (Å²) in [5.41, 5.74) is 3.60. The molecule has 176 valence electrons. The number of alkyl halides is 3. The van der Waals surface area contributed by atoms with Gasteiger partial charge in [0.05, 0.1) is 17.2 Å². The number of carbonyl (C=O) groups excluding carboxylic acids is 1. The normalized spacial score (nSPS) is 23.3. The number of nitrogens with one attached hydrogen (secondary N) is 1. The average molecular weight is 480 g/mol. The number of ether oxygens (including phenoxy) is 1. The molecule has 0 bridgehead atoms. The number of aryl methyl sites for hydroxylation is 2. The van der Waals surface area contributed by atoms with Gasteiger partial charge in [0.2, 0.25) is 0 Å². The zero-order valence-electron chi connectivity index (χ0n) is 18.4. The highest BCUT2D eigenvalue weighted by Gasteiger charge is 2.48. The first kappa shape index (κ1) is 23.6. The standard InChI is InChI=1S/C25H25ClF3NO3/c1-14-11-17(16-3-5-18(26)6-4-16)12-15(2)20(14)21-22(31)24(30-23(21)32)9-7-19(8-10-24)33-13-25(27,28)29/h3-6,11-12,19,31H,7-10,13H2,1-2H3,(H,30,32). The van der Waals surface area contributed by atoms with Gasteiger partial charge in [-0.2, -0.15) is 13.2 Å². The van der Waals surface area contributed by atoms with E-state index in [0.29, 0.717) is 36.3 Å². The fraction of sp³-hybridized carbons (Fsp3) is 0.400. The average Bonchev–Trinajstić information content (AvgIpc) is 2.97. The fourth-order valence-corrected chi connectivity index (χ4v) is 5.04. The summed E-state index contributed by atoms with van der Waals surface area (Å²) < 4.78 is 42.3. The molecule has 8 heteroatoms. The van der Waals surface area contributed by atoms with Crippen LogP contribution in [0.2, 0.25) is 5.02 Å². The minimum Gasteiger partial charge on any atom is -0.509 e. The second-order valence-corrected chi connectivity index (χ2v) is 9.31. The van der Waals surface area contributed by atoms with Crippen molar-refractivity contribution < 1.29 is 27.8 Å². The van der Waals surface area contributed by atoms with E-state index in [1.807, 2.05) is 50.2 Å². The van der Waals surface area contributed by atoms with Gasteiger partial charge in [0.25, 0.3) is 5.91 Å². The van der Waals surface area contributed by atoms with E-state index in [0.717, 1.165) is 22.3 Å². The molecule has 0 unspecified atom stereocenters. The van der Waals surface area contributed by atoms with Crippen LogP contribution >= 0.6 is 11.6 Å². The number of rotatable bonds is 4. The number of hydrogen-bond acceptors (Lipinski definition) is 3. The number of aliphatic hydroxyl groups excluding tert-OH is 1. The second kappa shape index (κ2) is 8.69. The minimum absolute atomic E-state index is 0.0350. The first-order valence-corrected chi connectivity index (χ1v) is 11.2. The summed E-state index contributed by atoms with van der Waals surface area (Å²) in [7, 11) is 0. The lowest BCUT2D eigenvalue weighted by Gasteiger charge is -2.37. The molecule has 1 amide bonds. The van der Waals surface area contributed by atoms with Crippen LogP contribution in [0.3, 0.4) is 0 Å². The van der Waals surface area contributed by atoms with E-state index >= 15 is 0 Å². The van der Waals surface area contributed by atoms with Gasteiger partial charge in [0.15, 0.2) is 0 Å². The van der Waals surface area contributed by atoms with Crippen LogP contribution < -0.4 is 5.32 Å². The molecular formula is C25H25ClF3NO3. The third-order valence-corrected chi connectivity index (χ3v) is 6.75. The minimum atomic E-state index is -4.38. The molecule has 1 aliphatic carbocycles. The largest absolute Gasteiger partial charge is 0.509 e. The predicted molar refractivity (Wildman–Crippen MR) is 121 cm³/mol. The molecule has 0 radical (unpaired) electrons. The quantitative estimate of drug-likeness (QED) is 0.542. The molecule has 1 spiro atoms. The molecule has 2 aliphatic rings. The zero-order valence-corrected chi connectivity index (χ0v) is 19.1. The van der Waals surface area contributed by atoms with E-state index in [9.17, 15) is 23.1 Å². The van der Waals surface area contributed by atoms with Crippen LogP contribution in [-0.4, -0.2) is 35.4 Å². The van der Waals surface area contributed by atoms with Gasteiger partial charge >= 0.3 is 6.18 Å². The molecule has 1 fully saturated rings. The van der Waals surface area contributed by atoms with Crippen LogP contribution in [0.5, 0.6) is 0 Å². The predicted octanol–water partition coefficient (Wildman–Crippen LogP) is 6.28. The highest BCUT2D eigenvalue weighted by atomic mass is 35.5. The van der Waals surface area contributed by atoms with Crippen LogP contribution in [0.1, 0.15) is 42.4 Å². The summed E-state index contributed by atoms with van der Waals surface area (Å²) in [5, 5.41) is 14.7. The van der Waals surface area contributed by atoms with E-state index in [4.69, 9.17) is 16.3 Å². The van der Waals surface area contributed by atoms with Gasteiger partial charge in [-0.1, -0.05) is 35.9 Å². The Kier molecular flexibility index (Phi) is 6.22. The van der Waals surface area contributed by atoms with E-state index in [-0.39, 0.29) is 17.2 Å². The number of aliphatic hydroxyl groups is 1. The lowest BCUT2D eigenvalue weighted by molar-refractivity contribution is -0.188. The smallest absolute Gasteiger partial charge is 0.411 e. The van der Waals surface area contributed by atoms with Crippen molar-refractivity contribution in [3.8, 4) is 11.1 Å². The van der Waals surface area contributed by atoms with Gasteiger partial charge in [0.1, 0.15) is 12.4 Å². The molecule has 33 heavy (non-hydrogen) atoms. The van der Waals surface area contributed by atoms with Crippen LogP contribution in [0.15, 0.2) is 42.2 Å². The first-order chi connectivity index (χ1) is 15.5. The van der Waals surface area contributed by atoms with Crippen molar-refractivity contribution in [3.63, 3.8) is 0 Å². The lowest BCUT2D eigenvalue weighted by Crippen LogP contribution is -2.48. The third kappa shape index (κ3) is 4.75. The maximum absolute atomic E-state index is 13.0. The Morgan fingerprint density at radius 1 is 1.09 bits per heavy atom. The Bertz CT molecular complexity index is 1080. The number of benzene rings is 2. The molecule has 1 heterocycles. The van der Waals surface area contributed by atoms with Gasteiger partial charge in [-0.3, -0.25) is 4.79 Å². The number of carbonyl (C=O) groups is 1. The Hall–Kier alpha value is -2.51. The van der Waals surface area contributed by atoms with Crippen molar-refractivity contribution in [2.75, 3.05) is 6.61 Å². The summed E-state index contributed by atoms with van der Waals surface area (Å²) in [6.45, 7) is 2.49. The highest BCUT2D eigenvalue weighted by molar-refractivity contribution is 6.30. The monoisotopic (exact) mass is 479 g/mol. The number of hydrogen-bond donors (Lipinski definition) is 2. The molecule has 0 saturated heterocycles. The number of amides is 1. The molecule has 2 aromatic carbocycles. The molecule has 2 aromatic rings. The molecule has 2 N–H and O–H groups in total. The summed E-state index contributed by atoms with van der Waals surface area (Å²) in [5.74, 6) is -0.403. The van der Waals surface area contributed by atoms with Gasteiger partial charge in [0, 0.05) is 5.02 Å². The van der Waals surface area contributed by atoms with E-state index < -0.39 is 24.4 Å². The Morgan fingerprint density at radius 2 is 1.67 bits per heavy atom. The van der Waals surface area contributed by atoms with Gasteiger partial charge < -0.3 is 15.2 Å².